The van der Waals surface area contributed by atoms with Gasteiger partial charge in [-0.3, -0.25) is 4.79 Å². The summed E-state index contributed by atoms with van der Waals surface area (Å²) in [6, 6.07) is 8.16. The van der Waals surface area contributed by atoms with Crippen molar-refractivity contribution in [2.24, 2.45) is 0 Å². The maximum Gasteiger partial charge on any atom is 0.277 e. The molecule has 0 aliphatic carbocycles. The van der Waals surface area contributed by atoms with E-state index in [-0.39, 0.29) is 17.6 Å². The maximum absolute atomic E-state index is 12.5. The molecular formula is C19H21N5O2. The minimum Gasteiger partial charge on any atom is -0.446 e. The van der Waals surface area contributed by atoms with Gasteiger partial charge in [-0.25, -0.2) is 9.67 Å². The fourth-order valence-electron chi connectivity index (χ4n) is 3.11. The molecule has 0 unspecified atom stereocenters. The molecule has 4 rings (SSSR count). The lowest BCUT2D eigenvalue weighted by Crippen LogP contribution is -2.15. The molecule has 1 amide bonds. The fraction of sp³-hybridized carbons (Fsp3) is 0.316. The summed E-state index contributed by atoms with van der Waals surface area (Å²) >= 11 is 0. The quantitative estimate of drug-likeness (QED) is 0.754. The highest BCUT2D eigenvalue weighted by atomic mass is 16.3. The zero-order valence-electron chi connectivity index (χ0n) is 14.8. The van der Waals surface area contributed by atoms with E-state index in [4.69, 9.17) is 4.42 Å². The maximum atomic E-state index is 12.5. The average molecular weight is 351 g/mol. The van der Waals surface area contributed by atoms with Crippen LogP contribution in [-0.4, -0.2) is 27.2 Å². The number of hydrogen-bond donors (Lipinski definition) is 2. The molecule has 3 aromatic rings. The fourth-order valence-corrected chi connectivity index (χ4v) is 3.11. The molecule has 1 atom stereocenters. The van der Waals surface area contributed by atoms with Crippen LogP contribution in [0.5, 0.6) is 0 Å². The van der Waals surface area contributed by atoms with E-state index < -0.39 is 0 Å². The van der Waals surface area contributed by atoms with Crippen molar-refractivity contribution in [2.75, 3.05) is 11.9 Å². The monoisotopic (exact) mass is 351 g/mol. The molecule has 1 fully saturated rings. The van der Waals surface area contributed by atoms with Crippen LogP contribution in [0.1, 0.15) is 46.5 Å². The van der Waals surface area contributed by atoms with Crippen LogP contribution in [-0.2, 0) is 0 Å². The number of oxazole rings is 1. The van der Waals surface area contributed by atoms with Gasteiger partial charge in [-0.1, -0.05) is 17.7 Å². The second-order valence-electron chi connectivity index (χ2n) is 6.57. The van der Waals surface area contributed by atoms with Gasteiger partial charge in [0.2, 0.25) is 5.89 Å². The molecule has 2 N–H and O–H groups in total. The molecule has 7 nitrogen and oxygen atoms in total. The van der Waals surface area contributed by atoms with E-state index in [0.717, 1.165) is 30.8 Å². The van der Waals surface area contributed by atoms with Crippen LogP contribution < -0.4 is 10.6 Å². The number of amides is 1. The summed E-state index contributed by atoms with van der Waals surface area (Å²) < 4.78 is 7.27. The highest BCUT2D eigenvalue weighted by Gasteiger charge is 2.23. The average Bonchev–Trinajstić information content (AvgIpc) is 3.37. The number of hydrogen-bond acceptors (Lipinski definition) is 5. The van der Waals surface area contributed by atoms with Crippen molar-refractivity contribution in [2.45, 2.75) is 32.7 Å². The Morgan fingerprint density at radius 1 is 1.31 bits per heavy atom. The predicted octanol–water partition coefficient (Wildman–Crippen LogP) is 3.15. The normalized spacial score (nSPS) is 16.8. The van der Waals surface area contributed by atoms with Gasteiger partial charge in [-0.15, -0.1) is 0 Å². The van der Waals surface area contributed by atoms with Crippen molar-refractivity contribution >= 4 is 11.6 Å². The Labute approximate surface area is 151 Å². The van der Waals surface area contributed by atoms with Gasteiger partial charge in [0.15, 0.2) is 5.69 Å². The molecule has 0 spiro atoms. The Hall–Kier alpha value is -2.93. The summed E-state index contributed by atoms with van der Waals surface area (Å²) in [7, 11) is 0. The summed E-state index contributed by atoms with van der Waals surface area (Å²) in [5.74, 6) is 0.268. The van der Waals surface area contributed by atoms with Gasteiger partial charge in [-0.05, 0) is 45.4 Å². The minimum atomic E-state index is -0.301. The summed E-state index contributed by atoms with van der Waals surface area (Å²) in [6.45, 7) is 4.91. The number of nitrogens with zero attached hydrogens (tertiary/aromatic N) is 3. The SMILES string of the molecule is Cc1ccc(-n2ncc(NC(=O)c3coc([C@@H]4CCCN4)n3)c2C)cc1. The van der Waals surface area contributed by atoms with Crippen molar-refractivity contribution in [3.8, 4) is 5.69 Å². The van der Waals surface area contributed by atoms with Crippen molar-refractivity contribution in [3.05, 3.63) is 59.6 Å². The lowest BCUT2D eigenvalue weighted by atomic mass is 10.2. The molecule has 0 bridgehead atoms. The first-order chi connectivity index (χ1) is 12.6. The number of benzene rings is 1. The van der Waals surface area contributed by atoms with Gasteiger partial charge in [0.25, 0.3) is 5.91 Å². The number of carbonyl (C=O) groups is 1. The Bertz CT molecular complexity index is 920. The van der Waals surface area contributed by atoms with Crippen LogP contribution in [0, 0.1) is 13.8 Å². The number of rotatable bonds is 4. The lowest BCUT2D eigenvalue weighted by Gasteiger charge is -2.06. The number of aryl methyl sites for hydroxylation is 1. The van der Waals surface area contributed by atoms with Crippen LogP contribution >= 0.6 is 0 Å². The highest BCUT2D eigenvalue weighted by Crippen LogP contribution is 2.23. The molecule has 7 heteroatoms. The van der Waals surface area contributed by atoms with E-state index in [0.29, 0.717) is 11.6 Å². The lowest BCUT2D eigenvalue weighted by molar-refractivity contribution is 0.102. The van der Waals surface area contributed by atoms with Crippen molar-refractivity contribution in [1.82, 2.24) is 20.1 Å². The van der Waals surface area contributed by atoms with Crippen molar-refractivity contribution in [3.63, 3.8) is 0 Å². The number of aromatic nitrogens is 3. The summed E-state index contributed by atoms with van der Waals surface area (Å²) in [5, 5.41) is 10.6. The standard InChI is InChI=1S/C19H21N5O2/c1-12-5-7-14(8-6-12)24-13(2)16(10-21-24)22-18(25)17-11-26-19(23-17)15-4-3-9-20-15/h5-8,10-11,15,20H,3-4,9H2,1-2H3,(H,22,25)/t15-/m0/s1. The van der Waals surface area contributed by atoms with Gasteiger partial charge < -0.3 is 15.1 Å². The smallest absolute Gasteiger partial charge is 0.277 e. The van der Waals surface area contributed by atoms with Crippen LogP contribution in [0.15, 0.2) is 41.1 Å². The third-order valence-electron chi connectivity index (χ3n) is 4.65. The largest absolute Gasteiger partial charge is 0.446 e. The van der Waals surface area contributed by atoms with Gasteiger partial charge in [0.05, 0.1) is 29.3 Å². The number of carbonyl (C=O) groups excluding carboxylic acids is 1. The topological polar surface area (TPSA) is 85.0 Å². The first-order valence-electron chi connectivity index (χ1n) is 8.73. The predicted molar refractivity (Wildman–Crippen MR) is 97.5 cm³/mol. The van der Waals surface area contributed by atoms with E-state index >= 15 is 0 Å². The molecule has 1 aliphatic heterocycles. The molecule has 1 aliphatic rings. The van der Waals surface area contributed by atoms with E-state index in [1.165, 1.54) is 11.8 Å². The zero-order chi connectivity index (χ0) is 18.1. The van der Waals surface area contributed by atoms with Gasteiger partial charge in [-0.2, -0.15) is 5.10 Å². The van der Waals surface area contributed by atoms with Gasteiger partial charge >= 0.3 is 0 Å². The Morgan fingerprint density at radius 2 is 2.12 bits per heavy atom. The van der Waals surface area contributed by atoms with E-state index in [1.807, 2.05) is 38.1 Å². The molecular weight excluding hydrogens is 330 g/mol. The molecule has 3 heterocycles. The van der Waals surface area contributed by atoms with Crippen molar-refractivity contribution in [1.29, 1.82) is 0 Å². The van der Waals surface area contributed by atoms with Crippen molar-refractivity contribution < 1.29 is 9.21 Å². The van der Waals surface area contributed by atoms with Crippen LogP contribution in [0.25, 0.3) is 5.69 Å². The molecule has 2 aromatic heterocycles. The van der Waals surface area contributed by atoms with Gasteiger partial charge in [0.1, 0.15) is 6.26 Å². The Morgan fingerprint density at radius 3 is 2.85 bits per heavy atom. The van der Waals surface area contributed by atoms with Crippen LogP contribution in [0.2, 0.25) is 0 Å². The third-order valence-corrected chi connectivity index (χ3v) is 4.65. The first-order valence-corrected chi connectivity index (χ1v) is 8.73. The second kappa shape index (κ2) is 6.76. The summed E-state index contributed by atoms with van der Waals surface area (Å²) in [5.41, 5.74) is 3.91. The molecule has 0 radical (unpaired) electrons. The summed E-state index contributed by atoms with van der Waals surface area (Å²) in [4.78, 5) is 16.8. The molecule has 26 heavy (non-hydrogen) atoms. The Kier molecular flexibility index (Phi) is 4.30. The van der Waals surface area contributed by atoms with E-state index in [1.54, 1.807) is 10.9 Å². The second-order valence-corrected chi connectivity index (χ2v) is 6.57. The van der Waals surface area contributed by atoms with Crippen LogP contribution in [0.4, 0.5) is 5.69 Å². The van der Waals surface area contributed by atoms with Gasteiger partial charge in [0, 0.05) is 0 Å². The Balaban J connectivity index is 1.50. The molecule has 134 valence electrons. The zero-order valence-corrected chi connectivity index (χ0v) is 14.8. The minimum absolute atomic E-state index is 0.0996. The third kappa shape index (κ3) is 3.13. The summed E-state index contributed by atoms with van der Waals surface area (Å²) in [6.07, 6.45) is 5.12. The number of anilines is 1. The van der Waals surface area contributed by atoms with E-state index in [2.05, 4.69) is 20.7 Å². The van der Waals surface area contributed by atoms with Crippen LogP contribution in [0.3, 0.4) is 0 Å². The first kappa shape index (κ1) is 16.5. The highest BCUT2D eigenvalue weighted by molar-refractivity contribution is 6.02. The molecule has 1 saturated heterocycles. The van der Waals surface area contributed by atoms with E-state index in [9.17, 15) is 4.79 Å². The molecule has 0 saturated carbocycles. The number of nitrogens with one attached hydrogen (secondary N) is 2. The molecule has 1 aromatic carbocycles.